The van der Waals surface area contributed by atoms with Gasteiger partial charge in [-0.15, -0.1) is 0 Å². The molecule has 146 valence electrons. The highest BCUT2D eigenvalue weighted by molar-refractivity contribution is 6.30. The number of carbonyl (C=O) groups excluding carboxylic acids is 2. The summed E-state index contributed by atoms with van der Waals surface area (Å²) >= 11 is 6.04. The molecule has 0 radical (unpaired) electrons. The molecule has 0 aliphatic carbocycles. The SMILES string of the molecule is Cc1ccccc1/C=C/C(=O)OCC(=O)N1CCN(c2cccc(Cl)c2)CC1. The van der Waals surface area contributed by atoms with E-state index >= 15 is 0 Å². The van der Waals surface area contributed by atoms with Gasteiger partial charge in [0, 0.05) is 43.0 Å². The predicted octanol–water partition coefficient (Wildman–Crippen LogP) is 3.55. The van der Waals surface area contributed by atoms with Crippen molar-refractivity contribution < 1.29 is 14.3 Å². The summed E-state index contributed by atoms with van der Waals surface area (Å²) in [5.74, 6) is -0.697. The fourth-order valence-electron chi connectivity index (χ4n) is 3.09. The summed E-state index contributed by atoms with van der Waals surface area (Å²) in [5, 5.41) is 0.696. The van der Waals surface area contributed by atoms with Crippen LogP contribution in [0.1, 0.15) is 11.1 Å². The van der Waals surface area contributed by atoms with Crippen LogP contribution in [0.25, 0.3) is 6.08 Å². The molecule has 0 atom stereocenters. The second-order valence-corrected chi connectivity index (χ2v) is 7.08. The third-order valence-electron chi connectivity index (χ3n) is 4.73. The largest absolute Gasteiger partial charge is 0.452 e. The Morgan fingerprint density at radius 1 is 1.07 bits per heavy atom. The Morgan fingerprint density at radius 2 is 1.82 bits per heavy atom. The molecule has 1 fully saturated rings. The Balaban J connectivity index is 1.44. The predicted molar refractivity (Wildman–Crippen MR) is 111 cm³/mol. The molecule has 3 rings (SSSR count). The minimum atomic E-state index is -0.519. The van der Waals surface area contributed by atoms with E-state index in [1.165, 1.54) is 6.08 Å². The summed E-state index contributed by atoms with van der Waals surface area (Å²) < 4.78 is 5.10. The van der Waals surface area contributed by atoms with Crippen molar-refractivity contribution in [1.82, 2.24) is 4.90 Å². The van der Waals surface area contributed by atoms with Crippen LogP contribution in [-0.4, -0.2) is 49.6 Å². The maximum Gasteiger partial charge on any atom is 0.331 e. The van der Waals surface area contributed by atoms with Crippen LogP contribution in [0.2, 0.25) is 5.02 Å². The molecule has 2 aromatic rings. The van der Waals surface area contributed by atoms with Crippen molar-refractivity contribution in [2.45, 2.75) is 6.92 Å². The number of rotatable bonds is 5. The third-order valence-corrected chi connectivity index (χ3v) is 4.97. The van der Waals surface area contributed by atoms with Gasteiger partial charge in [0.1, 0.15) is 0 Å². The second kappa shape index (κ2) is 9.42. The average Bonchev–Trinajstić information content (AvgIpc) is 2.71. The van der Waals surface area contributed by atoms with Crippen LogP contribution in [-0.2, 0) is 14.3 Å². The molecule has 1 amide bonds. The first-order valence-electron chi connectivity index (χ1n) is 9.22. The first kappa shape index (κ1) is 20.0. The van der Waals surface area contributed by atoms with Crippen molar-refractivity contribution in [2.75, 3.05) is 37.7 Å². The van der Waals surface area contributed by atoms with Crippen LogP contribution in [0.4, 0.5) is 5.69 Å². The molecule has 0 bridgehead atoms. The molecular weight excluding hydrogens is 376 g/mol. The third kappa shape index (κ3) is 5.36. The number of hydrogen-bond acceptors (Lipinski definition) is 4. The quantitative estimate of drug-likeness (QED) is 0.571. The van der Waals surface area contributed by atoms with Gasteiger partial charge >= 0.3 is 5.97 Å². The van der Waals surface area contributed by atoms with Gasteiger partial charge in [-0.05, 0) is 42.3 Å². The number of piperazine rings is 1. The monoisotopic (exact) mass is 398 g/mol. The fraction of sp³-hybridized carbons (Fsp3) is 0.273. The van der Waals surface area contributed by atoms with Gasteiger partial charge < -0.3 is 14.5 Å². The van der Waals surface area contributed by atoms with Crippen LogP contribution in [0.3, 0.4) is 0 Å². The van der Waals surface area contributed by atoms with E-state index in [2.05, 4.69) is 4.90 Å². The zero-order valence-corrected chi connectivity index (χ0v) is 16.6. The minimum absolute atomic E-state index is 0.177. The Kier molecular flexibility index (Phi) is 6.71. The van der Waals surface area contributed by atoms with Gasteiger partial charge in [-0.1, -0.05) is 41.9 Å². The maximum atomic E-state index is 12.3. The highest BCUT2D eigenvalue weighted by Gasteiger charge is 2.22. The smallest absolute Gasteiger partial charge is 0.331 e. The summed E-state index contributed by atoms with van der Waals surface area (Å²) in [5.41, 5.74) is 3.07. The van der Waals surface area contributed by atoms with Gasteiger partial charge in [0.05, 0.1) is 0 Å². The molecule has 1 aliphatic rings. The Labute approximate surface area is 170 Å². The fourth-order valence-corrected chi connectivity index (χ4v) is 3.28. The first-order chi connectivity index (χ1) is 13.5. The van der Waals surface area contributed by atoms with Gasteiger partial charge in [-0.2, -0.15) is 0 Å². The van der Waals surface area contributed by atoms with Crippen molar-refractivity contribution in [3.8, 4) is 0 Å². The van der Waals surface area contributed by atoms with E-state index in [1.807, 2.05) is 55.5 Å². The number of ether oxygens (including phenoxy) is 1. The number of hydrogen-bond donors (Lipinski definition) is 0. The standard InChI is InChI=1S/C22H23ClN2O3/c1-17-5-2-3-6-18(17)9-10-22(27)28-16-21(26)25-13-11-24(12-14-25)20-8-4-7-19(23)15-20/h2-10,15H,11-14,16H2,1H3/b10-9+. The van der Waals surface area contributed by atoms with Crippen LogP contribution < -0.4 is 4.90 Å². The van der Waals surface area contributed by atoms with Crippen molar-refractivity contribution in [3.63, 3.8) is 0 Å². The molecule has 1 saturated heterocycles. The highest BCUT2D eigenvalue weighted by Crippen LogP contribution is 2.20. The second-order valence-electron chi connectivity index (χ2n) is 6.65. The molecule has 0 N–H and O–H groups in total. The number of anilines is 1. The molecule has 6 heteroatoms. The van der Waals surface area contributed by atoms with Crippen LogP contribution >= 0.6 is 11.6 Å². The van der Waals surface area contributed by atoms with E-state index in [0.717, 1.165) is 16.8 Å². The Morgan fingerprint density at radius 3 is 2.54 bits per heavy atom. The molecule has 1 aliphatic heterocycles. The van der Waals surface area contributed by atoms with Crippen molar-refractivity contribution in [3.05, 3.63) is 70.8 Å². The summed E-state index contributed by atoms with van der Waals surface area (Å²) in [6, 6.07) is 15.4. The molecular formula is C22H23ClN2O3. The Bertz CT molecular complexity index is 874. The number of carbonyl (C=O) groups is 2. The van der Waals surface area contributed by atoms with E-state index in [-0.39, 0.29) is 12.5 Å². The van der Waals surface area contributed by atoms with Gasteiger partial charge in [-0.3, -0.25) is 4.79 Å². The van der Waals surface area contributed by atoms with E-state index in [9.17, 15) is 9.59 Å². The number of esters is 1. The number of amides is 1. The molecule has 0 aromatic heterocycles. The van der Waals surface area contributed by atoms with E-state index in [4.69, 9.17) is 16.3 Å². The van der Waals surface area contributed by atoms with E-state index in [0.29, 0.717) is 31.2 Å². The first-order valence-corrected chi connectivity index (χ1v) is 9.59. The highest BCUT2D eigenvalue weighted by atomic mass is 35.5. The summed E-state index contributed by atoms with van der Waals surface area (Å²) in [6.07, 6.45) is 3.05. The van der Waals surface area contributed by atoms with Crippen molar-refractivity contribution in [2.24, 2.45) is 0 Å². The number of halogens is 1. The van der Waals surface area contributed by atoms with Gasteiger partial charge in [-0.25, -0.2) is 4.79 Å². The van der Waals surface area contributed by atoms with Crippen molar-refractivity contribution in [1.29, 1.82) is 0 Å². The molecule has 5 nitrogen and oxygen atoms in total. The van der Waals surface area contributed by atoms with Crippen LogP contribution in [0, 0.1) is 6.92 Å². The molecule has 28 heavy (non-hydrogen) atoms. The van der Waals surface area contributed by atoms with Crippen molar-refractivity contribution >= 4 is 35.2 Å². The van der Waals surface area contributed by atoms with Gasteiger partial charge in [0.2, 0.25) is 0 Å². The molecule has 0 unspecified atom stereocenters. The normalized spacial score (nSPS) is 14.4. The lowest BCUT2D eigenvalue weighted by atomic mass is 10.1. The van der Waals surface area contributed by atoms with Crippen LogP contribution in [0.15, 0.2) is 54.6 Å². The molecule has 1 heterocycles. The number of nitrogens with zero attached hydrogens (tertiary/aromatic N) is 2. The lowest BCUT2D eigenvalue weighted by Crippen LogP contribution is -2.49. The lowest BCUT2D eigenvalue weighted by molar-refractivity contribution is -0.148. The number of benzene rings is 2. The molecule has 0 saturated carbocycles. The topological polar surface area (TPSA) is 49.9 Å². The summed E-state index contributed by atoms with van der Waals surface area (Å²) in [4.78, 5) is 28.1. The molecule has 0 spiro atoms. The Hall–Kier alpha value is -2.79. The van der Waals surface area contributed by atoms with E-state index < -0.39 is 5.97 Å². The summed E-state index contributed by atoms with van der Waals surface area (Å²) in [7, 11) is 0. The van der Waals surface area contributed by atoms with Gasteiger partial charge in [0.25, 0.3) is 5.91 Å². The lowest BCUT2D eigenvalue weighted by Gasteiger charge is -2.36. The maximum absolute atomic E-state index is 12.3. The molecule has 2 aromatic carbocycles. The zero-order chi connectivity index (χ0) is 19.9. The van der Waals surface area contributed by atoms with E-state index in [1.54, 1.807) is 11.0 Å². The average molecular weight is 399 g/mol. The zero-order valence-electron chi connectivity index (χ0n) is 15.8. The van der Waals surface area contributed by atoms with Gasteiger partial charge in [0.15, 0.2) is 6.61 Å². The minimum Gasteiger partial charge on any atom is -0.452 e. The number of aryl methyl sites for hydroxylation is 1. The summed E-state index contributed by atoms with van der Waals surface area (Å²) in [6.45, 7) is 4.33. The van der Waals surface area contributed by atoms with Crippen LogP contribution in [0.5, 0.6) is 0 Å².